The van der Waals surface area contributed by atoms with E-state index in [-0.39, 0.29) is 11.3 Å². The predicted molar refractivity (Wildman–Crippen MR) is 66.3 cm³/mol. The van der Waals surface area contributed by atoms with Gasteiger partial charge in [0, 0.05) is 25.5 Å². The minimum atomic E-state index is -0.263. The van der Waals surface area contributed by atoms with E-state index in [0.29, 0.717) is 6.54 Å². The highest BCUT2D eigenvalue weighted by Gasteiger charge is 2.34. The molecular weight excluding hydrogens is 214 g/mol. The number of pyridine rings is 1. The van der Waals surface area contributed by atoms with E-state index in [1.165, 1.54) is 0 Å². The maximum absolute atomic E-state index is 12.1. The van der Waals surface area contributed by atoms with Crippen LogP contribution in [0, 0.1) is 5.41 Å². The van der Waals surface area contributed by atoms with Crippen LogP contribution >= 0.6 is 0 Å². The third-order valence-electron chi connectivity index (χ3n) is 3.32. The summed E-state index contributed by atoms with van der Waals surface area (Å²) in [5.41, 5.74) is 0.772. The highest BCUT2D eigenvalue weighted by molar-refractivity contribution is 5.82. The number of carbonyl (C=O) groups is 1. The molecule has 1 saturated heterocycles. The molecule has 2 heterocycles. The molecule has 0 bridgehead atoms. The van der Waals surface area contributed by atoms with E-state index in [1.807, 2.05) is 19.1 Å². The summed E-state index contributed by atoms with van der Waals surface area (Å²) < 4.78 is 0. The summed E-state index contributed by atoms with van der Waals surface area (Å²) in [6.45, 7) is 4.37. The lowest BCUT2D eigenvalue weighted by Crippen LogP contribution is -2.48. The van der Waals surface area contributed by atoms with Gasteiger partial charge in [0.15, 0.2) is 0 Å². The van der Waals surface area contributed by atoms with Gasteiger partial charge < -0.3 is 10.6 Å². The Morgan fingerprint density at radius 1 is 1.65 bits per heavy atom. The van der Waals surface area contributed by atoms with Crippen molar-refractivity contribution in [2.45, 2.75) is 26.3 Å². The maximum atomic E-state index is 12.1. The first kappa shape index (κ1) is 12.0. The first-order chi connectivity index (χ1) is 8.21. The van der Waals surface area contributed by atoms with Crippen molar-refractivity contribution in [3.8, 4) is 0 Å². The van der Waals surface area contributed by atoms with Gasteiger partial charge in [-0.25, -0.2) is 0 Å². The van der Waals surface area contributed by atoms with Crippen molar-refractivity contribution < 1.29 is 4.79 Å². The number of aromatic nitrogens is 1. The molecule has 1 aliphatic rings. The lowest BCUT2D eigenvalue weighted by atomic mass is 9.82. The Bertz CT molecular complexity index is 372. The van der Waals surface area contributed by atoms with E-state index >= 15 is 0 Å². The van der Waals surface area contributed by atoms with Gasteiger partial charge in [-0.05, 0) is 37.9 Å². The zero-order chi connectivity index (χ0) is 12.1. The van der Waals surface area contributed by atoms with Crippen LogP contribution in [0.5, 0.6) is 0 Å². The SMILES string of the molecule is CC1(C(=O)NCc2cccnc2)CCCNC1. The minimum absolute atomic E-state index is 0.133. The van der Waals surface area contributed by atoms with Crippen molar-refractivity contribution >= 4 is 5.91 Å². The average molecular weight is 233 g/mol. The van der Waals surface area contributed by atoms with Crippen LogP contribution in [-0.4, -0.2) is 24.0 Å². The highest BCUT2D eigenvalue weighted by Crippen LogP contribution is 2.25. The maximum Gasteiger partial charge on any atom is 0.227 e. The van der Waals surface area contributed by atoms with Crippen LogP contribution in [0.2, 0.25) is 0 Å². The Kier molecular flexibility index (Phi) is 3.74. The molecule has 0 saturated carbocycles. The zero-order valence-corrected chi connectivity index (χ0v) is 10.2. The van der Waals surface area contributed by atoms with Gasteiger partial charge in [-0.2, -0.15) is 0 Å². The van der Waals surface area contributed by atoms with Gasteiger partial charge in [-0.3, -0.25) is 9.78 Å². The van der Waals surface area contributed by atoms with E-state index in [1.54, 1.807) is 12.4 Å². The average Bonchev–Trinajstić information content (AvgIpc) is 2.38. The molecule has 1 aliphatic heterocycles. The molecule has 0 spiro atoms. The zero-order valence-electron chi connectivity index (χ0n) is 10.2. The summed E-state index contributed by atoms with van der Waals surface area (Å²) in [6.07, 6.45) is 5.54. The first-order valence-corrected chi connectivity index (χ1v) is 6.09. The Morgan fingerprint density at radius 2 is 2.53 bits per heavy atom. The number of carbonyl (C=O) groups excluding carboxylic acids is 1. The van der Waals surface area contributed by atoms with Crippen molar-refractivity contribution in [3.63, 3.8) is 0 Å². The summed E-state index contributed by atoms with van der Waals surface area (Å²) in [4.78, 5) is 16.2. The van der Waals surface area contributed by atoms with Crippen LogP contribution in [0.15, 0.2) is 24.5 Å². The second-order valence-corrected chi connectivity index (χ2v) is 4.88. The molecule has 1 unspecified atom stereocenters. The largest absolute Gasteiger partial charge is 0.351 e. The molecular formula is C13H19N3O. The van der Waals surface area contributed by atoms with Crippen molar-refractivity contribution in [1.29, 1.82) is 0 Å². The standard InChI is InChI=1S/C13H19N3O/c1-13(5-3-7-15-10-13)12(17)16-9-11-4-2-6-14-8-11/h2,4,6,8,15H,3,5,7,9-10H2,1H3,(H,16,17). The molecule has 1 aromatic heterocycles. The smallest absolute Gasteiger partial charge is 0.227 e. The molecule has 4 nitrogen and oxygen atoms in total. The first-order valence-electron chi connectivity index (χ1n) is 6.09. The topological polar surface area (TPSA) is 54.0 Å². The van der Waals surface area contributed by atoms with E-state index in [0.717, 1.165) is 31.5 Å². The van der Waals surface area contributed by atoms with Gasteiger partial charge in [-0.15, -0.1) is 0 Å². The lowest BCUT2D eigenvalue weighted by Gasteiger charge is -2.32. The van der Waals surface area contributed by atoms with Gasteiger partial charge in [0.25, 0.3) is 0 Å². The van der Waals surface area contributed by atoms with Gasteiger partial charge >= 0.3 is 0 Å². The summed E-state index contributed by atoms with van der Waals surface area (Å²) in [5, 5.41) is 6.27. The molecule has 1 aromatic rings. The van der Waals surface area contributed by atoms with E-state index < -0.39 is 0 Å². The number of rotatable bonds is 3. The van der Waals surface area contributed by atoms with E-state index in [4.69, 9.17) is 0 Å². The van der Waals surface area contributed by atoms with Crippen LogP contribution in [0.1, 0.15) is 25.3 Å². The van der Waals surface area contributed by atoms with Crippen LogP contribution in [0.25, 0.3) is 0 Å². The van der Waals surface area contributed by atoms with Crippen LogP contribution < -0.4 is 10.6 Å². The van der Waals surface area contributed by atoms with Gasteiger partial charge in [0.2, 0.25) is 5.91 Å². The molecule has 0 aromatic carbocycles. The quantitative estimate of drug-likeness (QED) is 0.821. The molecule has 1 amide bonds. The van der Waals surface area contributed by atoms with Crippen LogP contribution in [-0.2, 0) is 11.3 Å². The molecule has 17 heavy (non-hydrogen) atoms. The Morgan fingerprint density at radius 3 is 3.18 bits per heavy atom. The normalized spacial score (nSPS) is 24.3. The third kappa shape index (κ3) is 3.03. The van der Waals surface area contributed by atoms with Crippen LogP contribution in [0.4, 0.5) is 0 Å². The van der Waals surface area contributed by atoms with Crippen molar-refractivity contribution in [1.82, 2.24) is 15.6 Å². The second-order valence-electron chi connectivity index (χ2n) is 4.88. The third-order valence-corrected chi connectivity index (χ3v) is 3.32. The number of amides is 1. The van der Waals surface area contributed by atoms with E-state index in [9.17, 15) is 4.79 Å². The molecule has 92 valence electrons. The number of nitrogens with zero attached hydrogens (tertiary/aromatic N) is 1. The molecule has 1 fully saturated rings. The second kappa shape index (κ2) is 5.27. The van der Waals surface area contributed by atoms with Gasteiger partial charge in [0.1, 0.15) is 0 Å². The molecule has 0 radical (unpaired) electrons. The summed E-state index contributed by atoms with van der Waals surface area (Å²) in [6, 6.07) is 3.85. The molecule has 4 heteroatoms. The van der Waals surface area contributed by atoms with Gasteiger partial charge in [-0.1, -0.05) is 6.07 Å². The van der Waals surface area contributed by atoms with Crippen LogP contribution in [0.3, 0.4) is 0 Å². The van der Waals surface area contributed by atoms with Crippen molar-refractivity contribution in [2.75, 3.05) is 13.1 Å². The van der Waals surface area contributed by atoms with E-state index in [2.05, 4.69) is 15.6 Å². The minimum Gasteiger partial charge on any atom is -0.351 e. The number of hydrogen-bond acceptors (Lipinski definition) is 3. The monoisotopic (exact) mass is 233 g/mol. The van der Waals surface area contributed by atoms with Crippen molar-refractivity contribution in [2.24, 2.45) is 5.41 Å². The summed E-state index contributed by atoms with van der Waals surface area (Å²) >= 11 is 0. The fraction of sp³-hybridized carbons (Fsp3) is 0.538. The summed E-state index contributed by atoms with van der Waals surface area (Å²) in [7, 11) is 0. The predicted octanol–water partition coefficient (Wildman–Crippen LogP) is 1.09. The fourth-order valence-corrected chi connectivity index (χ4v) is 2.15. The Labute approximate surface area is 102 Å². The summed E-state index contributed by atoms with van der Waals surface area (Å²) in [5.74, 6) is 0.133. The number of nitrogens with one attached hydrogen (secondary N) is 2. The molecule has 2 N–H and O–H groups in total. The Balaban J connectivity index is 1.88. The van der Waals surface area contributed by atoms with Crippen molar-refractivity contribution in [3.05, 3.63) is 30.1 Å². The molecule has 1 atom stereocenters. The highest BCUT2D eigenvalue weighted by atomic mass is 16.2. The number of hydrogen-bond donors (Lipinski definition) is 2. The fourth-order valence-electron chi connectivity index (χ4n) is 2.15. The molecule has 2 rings (SSSR count). The van der Waals surface area contributed by atoms with Gasteiger partial charge in [0.05, 0.1) is 5.41 Å². The lowest BCUT2D eigenvalue weighted by molar-refractivity contribution is -0.131. The Hall–Kier alpha value is -1.42. The molecule has 0 aliphatic carbocycles. The number of piperidine rings is 1.